The lowest BCUT2D eigenvalue weighted by atomic mass is 10.2. The molecule has 0 amide bonds. The molecule has 0 bridgehead atoms. The zero-order valence-corrected chi connectivity index (χ0v) is 7.77. The molecular weight excluding hydrogens is 180 g/mol. The van der Waals surface area contributed by atoms with Crippen molar-refractivity contribution in [2.75, 3.05) is 0 Å². The van der Waals surface area contributed by atoms with Gasteiger partial charge in [-0.3, -0.25) is 4.79 Å². The number of carboxylic acids is 1. The quantitative estimate of drug-likeness (QED) is 0.779. The number of rotatable bonds is 2. The summed E-state index contributed by atoms with van der Waals surface area (Å²) < 4.78 is 1.63. The molecule has 0 saturated carbocycles. The molecule has 1 N–H and O–H groups in total. The van der Waals surface area contributed by atoms with Crippen molar-refractivity contribution in [2.45, 2.75) is 13.5 Å². The van der Waals surface area contributed by atoms with Crippen LogP contribution >= 0.6 is 0 Å². The number of nitrogens with zero attached hydrogens (tertiary/aromatic N) is 2. The zero-order chi connectivity index (χ0) is 10.1. The monoisotopic (exact) mass is 190 g/mol. The lowest BCUT2D eigenvalue weighted by Gasteiger charge is -1.99. The Balaban J connectivity index is 2.55. The van der Waals surface area contributed by atoms with Gasteiger partial charge in [0, 0.05) is 0 Å². The van der Waals surface area contributed by atoms with E-state index in [-0.39, 0.29) is 6.54 Å². The summed E-state index contributed by atoms with van der Waals surface area (Å²) in [5.74, 6) is -0.856. The first-order chi connectivity index (χ1) is 6.66. The van der Waals surface area contributed by atoms with Crippen molar-refractivity contribution in [3.05, 3.63) is 30.1 Å². The smallest absolute Gasteiger partial charge is 0.323 e. The van der Waals surface area contributed by atoms with E-state index in [1.807, 2.05) is 25.1 Å². The first-order valence-corrected chi connectivity index (χ1v) is 4.30. The summed E-state index contributed by atoms with van der Waals surface area (Å²) in [5.41, 5.74) is 2.80. The fourth-order valence-electron chi connectivity index (χ4n) is 1.44. The van der Waals surface area contributed by atoms with Gasteiger partial charge in [-0.1, -0.05) is 6.07 Å². The molecule has 0 unspecified atom stereocenters. The molecule has 0 fully saturated rings. The fraction of sp³-hybridized carbons (Fsp3) is 0.200. The van der Waals surface area contributed by atoms with Gasteiger partial charge in [0.1, 0.15) is 6.54 Å². The second-order valence-electron chi connectivity index (χ2n) is 3.26. The fourth-order valence-corrected chi connectivity index (χ4v) is 1.44. The highest BCUT2D eigenvalue weighted by Crippen LogP contribution is 2.14. The van der Waals surface area contributed by atoms with E-state index >= 15 is 0 Å². The van der Waals surface area contributed by atoms with Gasteiger partial charge in [-0.05, 0) is 24.6 Å². The molecule has 1 aromatic carbocycles. The highest BCUT2D eigenvalue weighted by Gasteiger charge is 2.05. The van der Waals surface area contributed by atoms with Gasteiger partial charge in [-0.2, -0.15) is 0 Å². The van der Waals surface area contributed by atoms with Crippen molar-refractivity contribution >= 4 is 17.0 Å². The van der Waals surface area contributed by atoms with Crippen LogP contribution in [0.4, 0.5) is 0 Å². The molecule has 2 aromatic rings. The number of aryl methyl sites for hydroxylation is 1. The summed E-state index contributed by atoms with van der Waals surface area (Å²) in [6.45, 7) is 1.93. The van der Waals surface area contributed by atoms with Gasteiger partial charge >= 0.3 is 5.97 Å². The molecule has 0 atom stereocenters. The van der Waals surface area contributed by atoms with Crippen LogP contribution in [0.2, 0.25) is 0 Å². The Hall–Kier alpha value is -1.84. The van der Waals surface area contributed by atoms with E-state index in [1.54, 1.807) is 10.9 Å². The van der Waals surface area contributed by atoms with Crippen molar-refractivity contribution in [1.82, 2.24) is 9.55 Å². The SMILES string of the molecule is Cc1ccc2ncn(CC(=O)O)c2c1. The number of aliphatic carboxylic acids is 1. The van der Waals surface area contributed by atoms with Crippen molar-refractivity contribution in [3.63, 3.8) is 0 Å². The Bertz CT molecular complexity index is 488. The van der Waals surface area contributed by atoms with E-state index in [0.717, 1.165) is 16.6 Å². The summed E-state index contributed by atoms with van der Waals surface area (Å²) in [6.07, 6.45) is 1.55. The van der Waals surface area contributed by atoms with E-state index in [2.05, 4.69) is 4.98 Å². The van der Waals surface area contributed by atoms with E-state index in [1.165, 1.54) is 0 Å². The standard InChI is InChI=1S/C10H10N2O2/c1-7-2-3-8-9(4-7)12(6-11-8)5-10(13)14/h2-4,6H,5H2,1H3,(H,13,14). The molecule has 4 heteroatoms. The van der Waals surface area contributed by atoms with Crippen molar-refractivity contribution < 1.29 is 9.90 Å². The van der Waals surface area contributed by atoms with Crippen LogP contribution in [0, 0.1) is 6.92 Å². The summed E-state index contributed by atoms with van der Waals surface area (Å²) in [4.78, 5) is 14.7. The molecule has 72 valence electrons. The maximum Gasteiger partial charge on any atom is 0.323 e. The number of imidazole rings is 1. The molecule has 2 rings (SSSR count). The number of fused-ring (bicyclic) bond motifs is 1. The molecule has 1 heterocycles. The van der Waals surface area contributed by atoms with Crippen LogP contribution in [0.1, 0.15) is 5.56 Å². The number of hydrogen-bond acceptors (Lipinski definition) is 2. The Morgan fingerprint density at radius 3 is 3.07 bits per heavy atom. The number of benzene rings is 1. The molecule has 0 spiro atoms. The number of hydrogen-bond donors (Lipinski definition) is 1. The maximum atomic E-state index is 10.5. The van der Waals surface area contributed by atoms with Crippen LogP contribution < -0.4 is 0 Å². The average molecular weight is 190 g/mol. The molecule has 0 aliphatic heterocycles. The third kappa shape index (κ3) is 1.46. The third-order valence-electron chi connectivity index (χ3n) is 2.08. The van der Waals surface area contributed by atoms with E-state index in [9.17, 15) is 4.79 Å². The van der Waals surface area contributed by atoms with Gasteiger partial charge in [-0.15, -0.1) is 0 Å². The highest BCUT2D eigenvalue weighted by molar-refractivity contribution is 5.78. The first-order valence-electron chi connectivity index (χ1n) is 4.30. The number of carbonyl (C=O) groups is 1. The summed E-state index contributed by atoms with van der Waals surface area (Å²) in [6, 6.07) is 5.79. The molecule has 0 aliphatic rings. The van der Waals surface area contributed by atoms with Crippen molar-refractivity contribution in [1.29, 1.82) is 0 Å². The minimum absolute atomic E-state index is 0.0417. The van der Waals surface area contributed by atoms with Gasteiger partial charge in [0.15, 0.2) is 0 Å². The average Bonchev–Trinajstić information content (AvgIpc) is 2.47. The molecule has 0 aliphatic carbocycles. The van der Waals surface area contributed by atoms with Crippen LogP contribution in [-0.4, -0.2) is 20.6 Å². The molecule has 0 saturated heterocycles. The topological polar surface area (TPSA) is 55.1 Å². The summed E-state index contributed by atoms with van der Waals surface area (Å²) >= 11 is 0. The van der Waals surface area contributed by atoms with Gasteiger partial charge < -0.3 is 9.67 Å². The Labute approximate surface area is 80.8 Å². The maximum absolute atomic E-state index is 10.5. The number of carboxylic acid groups (broad SMARTS) is 1. The first kappa shape index (κ1) is 8.74. The van der Waals surface area contributed by atoms with Crippen LogP contribution in [0.15, 0.2) is 24.5 Å². The lowest BCUT2D eigenvalue weighted by Crippen LogP contribution is -2.07. The molecular formula is C10H10N2O2. The summed E-state index contributed by atoms with van der Waals surface area (Å²) in [5, 5.41) is 8.67. The largest absolute Gasteiger partial charge is 0.480 e. The van der Waals surface area contributed by atoms with Crippen LogP contribution in [0.25, 0.3) is 11.0 Å². The van der Waals surface area contributed by atoms with Crippen LogP contribution in [0.3, 0.4) is 0 Å². The molecule has 1 aromatic heterocycles. The van der Waals surface area contributed by atoms with Gasteiger partial charge in [0.05, 0.1) is 17.4 Å². The lowest BCUT2D eigenvalue weighted by molar-refractivity contribution is -0.137. The van der Waals surface area contributed by atoms with Crippen molar-refractivity contribution in [2.24, 2.45) is 0 Å². The van der Waals surface area contributed by atoms with E-state index in [0.29, 0.717) is 0 Å². The van der Waals surface area contributed by atoms with Gasteiger partial charge in [-0.25, -0.2) is 4.98 Å². The van der Waals surface area contributed by atoms with E-state index in [4.69, 9.17) is 5.11 Å². The summed E-state index contributed by atoms with van der Waals surface area (Å²) in [7, 11) is 0. The minimum atomic E-state index is -0.856. The molecule has 0 radical (unpaired) electrons. The normalized spacial score (nSPS) is 10.6. The third-order valence-corrected chi connectivity index (χ3v) is 2.08. The predicted molar refractivity (Wildman–Crippen MR) is 52.1 cm³/mol. The zero-order valence-electron chi connectivity index (χ0n) is 7.77. The minimum Gasteiger partial charge on any atom is -0.480 e. The Kier molecular flexibility index (Phi) is 1.96. The van der Waals surface area contributed by atoms with Crippen LogP contribution in [-0.2, 0) is 11.3 Å². The van der Waals surface area contributed by atoms with E-state index < -0.39 is 5.97 Å². The van der Waals surface area contributed by atoms with Gasteiger partial charge in [0.2, 0.25) is 0 Å². The second-order valence-corrected chi connectivity index (χ2v) is 3.26. The molecule has 4 nitrogen and oxygen atoms in total. The Morgan fingerprint density at radius 2 is 2.36 bits per heavy atom. The Morgan fingerprint density at radius 1 is 1.57 bits per heavy atom. The highest BCUT2D eigenvalue weighted by atomic mass is 16.4. The number of aromatic nitrogens is 2. The second kappa shape index (κ2) is 3.14. The van der Waals surface area contributed by atoms with Crippen molar-refractivity contribution in [3.8, 4) is 0 Å². The van der Waals surface area contributed by atoms with Gasteiger partial charge in [0.25, 0.3) is 0 Å². The molecule has 14 heavy (non-hydrogen) atoms. The van der Waals surface area contributed by atoms with Crippen LogP contribution in [0.5, 0.6) is 0 Å². The predicted octanol–water partition coefficient (Wildman–Crippen LogP) is 1.43.